The Hall–Kier alpha value is -0.730. The normalized spacial score (nSPS) is 32.6. The van der Waals surface area contributed by atoms with Gasteiger partial charge in [-0.05, 0) is 31.6 Å². The quantitative estimate of drug-likeness (QED) is 0.726. The van der Waals surface area contributed by atoms with Crippen LogP contribution >= 0.6 is 0 Å². The number of hydrogen-bond acceptors (Lipinski definition) is 3. The summed E-state index contributed by atoms with van der Waals surface area (Å²) in [5, 5.41) is 0. The molecule has 1 aliphatic heterocycles. The molecule has 2 saturated carbocycles. The molecule has 0 bridgehead atoms. The predicted octanol–water partition coefficient (Wildman–Crippen LogP) is 2.12. The van der Waals surface area contributed by atoms with Gasteiger partial charge in [0.15, 0.2) is 5.96 Å². The van der Waals surface area contributed by atoms with Crippen LogP contribution < -0.4 is 5.73 Å². The first-order chi connectivity index (χ1) is 7.86. The minimum absolute atomic E-state index is 0.656. The molecular weight excluding hydrogens is 198 g/mol. The van der Waals surface area contributed by atoms with Crippen molar-refractivity contribution in [2.24, 2.45) is 16.6 Å². The van der Waals surface area contributed by atoms with E-state index in [0.29, 0.717) is 12.1 Å². The molecule has 2 fully saturated rings. The van der Waals surface area contributed by atoms with E-state index in [1.165, 1.54) is 51.4 Å². The van der Waals surface area contributed by atoms with E-state index in [1.54, 1.807) is 0 Å². The second-order valence-electron chi connectivity index (χ2n) is 5.66. The zero-order valence-corrected chi connectivity index (χ0v) is 10.1. The lowest BCUT2D eigenvalue weighted by Gasteiger charge is -2.34. The van der Waals surface area contributed by atoms with Gasteiger partial charge in [0.25, 0.3) is 0 Å². The Morgan fingerprint density at radius 2 is 1.69 bits per heavy atom. The van der Waals surface area contributed by atoms with Gasteiger partial charge in [-0.15, -0.1) is 0 Å². The van der Waals surface area contributed by atoms with E-state index >= 15 is 0 Å². The smallest absolute Gasteiger partial charge is 0.191 e. The molecule has 0 aromatic rings. The molecule has 3 nitrogen and oxygen atoms in total. The van der Waals surface area contributed by atoms with Gasteiger partial charge in [-0.1, -0.05) is 25.7 Å². The Bertz CT molecular complexity index is 275. The summed E-state index contributed by atoms with van der Waals surface area (Å²) in [5.41, 5.74) is 6.09. The van der Waals surface area contributed by atoms with Crippen molar-refractivity contribution in [1.82, 2.24) is 4.90 Å². The first-order valence-corrected chi connectivity index (χ1v) is 6.94. The fourth-order valence-corrected chi connectivity index (χ4v) is 3.38. The summed E-state index contributed by atoms with van der Waals surface area (Å²) >= 11 is 0. The molecule has 2 aliphatic carbocycles. The molecule has 16 heavy (non-hydrogen) atoms. The predicted molar refractivity (Wildman–Crippen MR) is 66.3 cm³/mol. The minimum atomic E-state index is 0.656. The molecule has 3 rings (SSSR count). The lowest BCUT2D eigenvalue weighted by Crippen LogP contribution is -2.48. The zero-order valence-electron chi connectivity index (χ0n) is 10.1. The summed E-state index contributed by atoms with van der Waals surface area (Å²) in [6.45, 7) is 0.965. The van der Waals surface area contributed by atoms with Gasteiger partial charge in [0.05, 0.1) is 12.6 Å². The largest absolute Gasteiger partial charge is 0.370 e. The highest BCUT2D eigenvalue weighted by atomic mass is 15.3. The SMILES string of the molecule is NC1=NCC(C2CC2)N1C1CCCCCC1. The lowest BCUT2D eigenvalue weighted by molar-refractivity contribution is 0.217. The van der Waals surface area contributed by atoms with Crippen LogP contribution in [0.2, 0.25) is 0 Å². The zero-order chi connectivity index (χ0) is 11.0. The van der Waals surface area contributed by atoms with E-state index in [9.17, 15) is 0 Å². The average Bonchev–Trinajstić information content (AvgIpc) is 3.08. The van der Waals surface area contributed by atoms with Crippen LogP contribution in [-0.4, -0.2) is 29.5 Å². The van der Waals surface area contributed by atoms with Crippen LogP contribution in [0, 0.1) is 5.92 Å². The number of nitrogens with two attached hydrogens (primary N) is 1. The van der Waals surface area contributed by atoms with Crippen molar-refractivity contribution in [3.8, 4) is 0 Å². The number of rotatable bonds is 2. The van der Waals surface area contributed by atoms with E-state index in [1.807, 2.05) is 0 Å². The van der Waals surface area contributed by atoms with Gasteiger partial charge in [-0.25, -0.2) is 0 Å². The molecule has 1 heterocycles. The van der Waals surface area contributed by atoms with Crippen molar-refractivity contribution in [1.29, 1.82) is 0 Å². The Balaban J connectivity index is 1.71. The van der Waals surface area contributed by atoms with E-state index in [4.69, 9.17) is 5.73 Å². The van der Waals surface area contributed by atoms with Crippen LogP contribution in [0.5, 0.6) is 0 Å². The summed E-state index contributed by atoms with van der Waals surface area (Å²) in [4.78, 5) is 6.98. The summed E-state index contributed by atoms with van der Waals surface area (Å²) < 4.78 is 0. The van der Waals surface area contributed by atoms with Gasteiger partial charge in [0.1, 0.15) is 0 Å². The Morgan fingerprint density at radius 3 is 2.31 bits per heavy atom. The van der Waals surface area contributed by atoms with Crippen molar-refractivity contribution in [2.75, 3.05) is 6.54 Å². The van der Waals surface area contributed by atoms with E-state index in [-0.39, 0.29) is 0 Å². The molecule has 90 valence electrons. The Kier molecular flexibility index (Phi) is 2.78. The van der Waals surface area contributed by atoms with Crippen LogP contribution in [0.15, 0.2) is 4.99 Å². The average molecular weight is 221 g/mol. The van der Waals surface area contributed by atoms with Gasteiger partial charge in [-0.2, -0.15) is 0 Å². The lowest BCUT2D eigenvalue weighted by atomic mass is 10.0. The second kappa shape index (κ2) is 4.27. The van der Waals surface area contributed by atoms with Crippen molar-refractivity contribution in [2.45, 2.75) is 63.5 Å². The van der Waals surface area contributed by atoms with Crippen molar-refractivity contribution in [3.63, 3.8) is 0 Å². The summed E-state index contributed by atoms with van der Waals surface area (Å²) in [7, 11) is 0. The molecule has 1 unspecified atom stereocenters. The van der Waals surface area contributed by atoms with Gasteiger partial charge < -0.3 is 10.6 Å². The monoisotopic (exact) mass is 221 g/mol. The second-order valence-corrected chi connectivity index (χ2v) is 5.66. The minimum Gasteiger partial charge on any atom is -0.370 e. The third-order valence-corrected chi connectivity index (χ3v) is 4.45. The molecule has 0 aromatic heterocycles. The maximum absolute atomic E-state index is 6.09. The summed E-state index contributed by atoms with van der Waals surface area (Å²) in [5.74, 6) is 1.73. The molecule has 1 atom stereocenters. The molecule has 0 spiro atoms. The Morgan fingerprint density at radius 1 is 1.00 bits per heavy atom. The number of hydrogen-bond donors (Lipinski definition) is 1. The third kappa shape index (κ3) is 1.92. The van der Waals surface area contributed by atoms with E-state index in [0.717, 1.165) is 18.4 Å². The van der Waals surface area contributed by atoms with Crippen LogP contribution in [0.3, 0.4) is 0 Å². The van der Waals surface area contributed by atoms with Crippen LogP contribution in [-0.2, 0) is 0 Å². The molecule has 2 N–H and O–H groups in total. The summed E-state index contributed by atoms with van der Waals surface area (Å²) in [6, 6.07) is 1.35. The molecule has 0 aromatic carbocycles. The first kappa shape index (κ1) is 10.4. The number of nitrogens with zero attached hydrogens (tertiary/aromatic N) is 2. The highest BCUT2D eigenvalue weighted by molar-refractivity contribution is 5.80. The molecule has 0 saturated heterocycles. The van der Waals surface area contributed by atoms with E-state index in [2.05, 4.69) is 9.89 Å². The van der Waals surface area contributed by atoms with Crippen molar-refractivity contribution in [3.05, 3.63) is 0 Å². The molecular formula is C13H23N3. The van der Waals surface area contributed by atoms with Gasteiger partial charge in [-0.3, -0.25) is 4.99 Å². The summed E-state index contributed by atoms with van der Waals surface area (Å²) in [6.07, 6.45) is 11.1. The van der Waals surface area contributed by atoms with Crippen LogP contribution in [0.4, 0.5) is 0 Å². The molecule has 0 radical (unpaired) electrons. The van der Waals surface area contributed by atoms with Crippen molar-refractivity contribution < 1.29 is 0 Å². The van der Waals surface area contributed by atoms with Crippen molar-refractivity contribution >= 4 is 5.96 Å². The maximum Gasteiger partial charge on any atom is 0.191 e. The fraction of sp³-hybridized carbons (Fsp3) is 0.923. The van der Waals surface area contributed by atoms with Gasteiger partial charge >= 0.3 is 0 Å². The maximum atomic E-state index is 6.09. The molecule has 0 amide bonds. The van der Waals surface area contributed by atoms with Crippen LogP contribution in [0.1, 0.15) is 51.4 Å². The highest BCUT2D eigenvalue weighted by Gasteiger charge is 2.41. The Labute approximate surface area is 98.1 Å². The number of guanidine groups is 1. The van der Waals surface area contributed by atoms with E-state index < -0.39 is 0 Å². The molecule has 3 aliphatic rings. The molecule has 3 heteroatoms. The fourth-order valence-electron chi connectivity index (χ4n) is 3.38. The van der Waals surface area contributed by atoms with Gasteiger partial charge in [0.2, 0.25) is 0 Å². The topological polar surface area (TPSA) is 41.6 Å². The number of aliphatic imine (C=N–C) groups is 1. The first-order valence-electron chi connectivity index (χ1n) is 6.94. The highest BCUT2D eigenvalue weighted by Crippen LogP contribution is 2.39. The third-order valence-electron chi connectivity index (χ3n) is 4.45. The standard InChI is InChI=1S/C13H23N3/c14-13-15-9-12(10-7-8-10)16(13)11-5-3-1-2-4-6-11/h10-12H,1-9H2,(H2,14,15). The van der Waals surface area contributed by atoms with Gasteiger partial charge in [0, 0.05) is 6.04 Å². The van der Waals surface area contributed by atoms with Crippen LogP contribution in [0.25, 0.3) is 0 Å².